The van der Waals surface area contributed by atoms with Crippen molar-refractivity contribution in [3.8, 4) is 6.07 Å². The van der Waals surface area contributed by atoms with Gasteiger partial charge in [0.1, 0.15) is 6.61 Å². The van der Waals surface area contributed by atoms with Gasteiger partial charge in [-0.3, -0.25) is 4.79 Å². The molecule has 116 valence electrons. The average Bonchev–Trinajstić information content (AvgIpc) is 2.58. The molecule has 2 aromatic carbocycles. The van der Waals surface area contributed by atoms with Crippen LogP contribution in [0, 0.1) is 11.3 Å². The van der Waals surface area contributed by atoms with Crippen molar-refractivity contribution in [2.24, 2.45) is 0 Å². The second-order valence-electron chi connectivity index (χ2n) is 4.99. The zero-order valence-electron chi connectivity index (χ0n) is 12.7. The number of nitrogens with one attached hydrogen (secondary N) is 1. The Balaban J connectivity index is 1.89. The molecule has 5 nitrogen and oxygen atoms in total. The van der Waals surface area contributed by atoms with Crippen molar-refractivity contribution in [2.45, 2.75) is 20.1 Å². The molecule has 0 aliphatic carbocycles. The summed E-state index contributed by atoms with van der Waals surface area (Å²) in [5.41, 5.74) is 2.74. The van der Waals surface area contributed by atoms with Crippen molar-refractivity contribution in [3.63, 3.8) is 0 Å². The lowest BCUT2D eigenvalue weighted by molar-refractivity contribution is -0.119. The fourth-order valence-corrected chi connectivity index (χ4v) is 1.89. The number of nitriles is 1. The fraction of sp³-hybridized carbons (Fsp3) is 0.167. The molecule has 1 amide bonds. The van der Waals surface area contributed by atoms with Crippen LogP contribution in [0.1, 0.15) is 34.0 Å². The van der Waals surface area contributed by atoms with Gasteiger partial charge in [0.25, 0.3) is 0 Å². The number of nitrogens with zero attached hydrogens (tertiary/aromatic N) is 1. The molecule has 1 N–H and O–H groups in total. The molecule has 0 atom stereocenters. The Morgan fingerprint density at radius 2 is 1.65 bits per heavy atom. The van der Waals surface area contributed by atoms with Crippen molar-refractivity contribution in [2.75, 3.05) is 0 Å². The van der Waals surface area contributed by atoms with E-state index in [4.69, 9.17) is 10.00 Å². The molecule has 2 aromatic rings. The summed E-state index contributed by atoms with van der Waals surface area (Å²) in [5, 5.41) is 11.4. The van der Waals surface area contributed by atoms with E-state index in [0.717, 1.165) is 11.1 Å². The van der Waals surface area contributed by atoms with E-state index in [2.05, 4.69) is 5.32 Å². The van der Waals surface area contributed by atoms with Crippen molar-refractivity contribution >= 4 is 11.9 Å². The largest absolute Gasteiger partial charge is 0.457 e. The van der Waals surface area contributed by atoms with Crippen LogP contribution in [0.3, 0.4) is 0 Å². The van der Waals surface area contributed by atoms with Gasteiger partial charge < -0.3 is 10.1 Å². The van der Waals surface area contributed by atoms with Gasteiger partial charge in [-0.05, 0) is 35.4 Å². The van der Waals surface area contributed by atoms with Gasteiger partial charge in [0.15, 0.2) is 0 Å². The molecule has 0 fully saturated rings. The van der Waals surface area contributed by atoms with E-state index in [1.807, 2.05) is 6.07 Å². The minimum atomic E-state index is -0.416. The van der Waals surface area contributed by atoms with Gasteiger partial charge in [-0.25, -0.2) is 4.79 Å². The number of carbonyl (C=O) groups is 2. The first-order valence-corrected chi connectivity index (χ1v) is 7.08. The lowest BCUT2D eigenvalue weighted by Crippen LogP contribution is -2.18. The van der Waals surface area contributed by atoms with Crippen LogP contribution in [0.2, 0.25) is 0 Å². The van der Waals surface area contributed by atoms with Crippen LogP contribution in [0.4, 0.5) is 0 Å². The number of ether oxygens (including phenoxy) is 1. The number of carbonyl (C=O) groups excluding carboxylic acids is 2. The minimum absolute atomic E-state index is 0.101. The number of hydrogen-bond donors (Lipinski definition) is 1. The van der Waals surface area contributed by atoms with Crippen LogP contribution in [-0.2, 0) is 22.7 Å². The molecule has 0 unspecified atom stereocenters. The molecule has 0 aliphatic heterocycles. The van der Waals surface area contributed by atoms with Gasteiger partial charge in [0.2, 0.25) is 5.91 Å². The van der Waals surface area contributed by atoms with E-state index >= 15 is 0 Å². The number of esters is 1. The molecule has 5 heteroatoms. The maximum Gasteiger partial charge on any atom is 0.338 e. The zero-order chi connectivity index (χ0) is 16.7. The normalized spacial score (nSPS) is 9.74. The molecule has 23 heavy (non-hydrogen) atoms. The van der Waals surface area contributed by atoms with Crippen LogP contribution >= 0.6 is 0 Å². The highest BCUT2D eigenvalue weighted by atomic mass is 16.5. The van der Waals surface area contributed by atoms with E-state index < -0.39 is 5.97 Å². The van der Waals surface area contributed by atoms with Gasteiger partial charge in [-0.2, -0.15) is 5.26 Å². The highest BCUT2D eigenvalue weighted by molar-refractivity contribution is 5.89. The Morgan fingerprint density at radius 3 is 2.22 bits per heavy atom. The molecule has 0 bridgehead atoms. The van der Waals surface area contributed by atoms with Crippen LogP contribution < -0.4 is 5.32 Å². The predicted octanol–water partition coefficient (Wildman–Crippen LogP) is 2.55. The van der Waals surface area contributed by atoms with Crippen LogP contribution in [0.5, 0.6) is 0 Å². The SMILES string of the molecule is CC(=O)NCc1ccc(C(=O)OCc2ccc(C#N)cc2)cc1. The van der Waals surface area contributed by atoms with E-state index in [1.54, 1.807) is 48.5 Å². The van der Waals surface area contributed by atoms with Gasteiger partial charge in [-0.1, -0.05) is 24.3 Å². The summed E-state index contributed by atoms with van der Waals surface area (Å²) >= 11 is 0. The topological polar surface area (TPSA) is 79.2 Å². The number of hydrogen-bond acceptors (Lipinski definition) is 4. The van der Waals surface area contributed by atoms with Crippen molar-refractivity contribution in [1.82, 2.24) is 5.32 Å². The summed E-state index contributed by atoms with van der Waals surface area (Å²) in [6.07, 6.45) is 0. The summed E-state index contributed by atoms with van der Waals surface area (Å²) in [5.74, 6) is -0.517. The monoisotopic (exact) mass is 308 g/mol. The van der Waals surface area contributed by atoms with E-state index in [9.17, 15) is 9.59 Å². The molecule has 0 aliphatic rings. The van der Waals surface area contributed by atoms with Crippen LogP contribution in [-0.4, -0.2) is 11.9 Å². The van der Waals surface area contributed by atoms with Crippen LogP contribution in [0.15, 0.2) is 48.5 Å². The maximum atomic E-state index is 12.0. The summed E-state index contributed by atoms with van der Waals surface area (Å²) in [4.78, 5) is 22.8. The van der Waals surface area contributed by atoms with Crippen molar-refractivity contribution in [3.05, 3.63) is 70.8 Å². The molecule has 0 spiro atoms. The molecule has 0 heterocycles. The molecule has 0 saturated heterocycles. The van der Waals surface area contributed by atoms with E-state index in [-0.39, 0.29) is 12.5 Å². The van der Waals surface area contributed by atoms with Gasteiger partial charge in [0.05, 0.1) is 17.2 Å². The first-order chi connectivity index (χ1) is 11.1. The molecule has 0 saturated carbocycles. The fourth-order valence-electron chi connectivity index (χ4n) is 1.89. The number of benzene rings is 2. The molecular formula is C18H16N2O3. The second-order valence-corrected chi connectivity index (χ2v) is 4.99. The maximum absolute atomic E-state index is 12.0. The van der Waals surface area contributed by atoms with E-state index in [1.165, 1.54) is 6.92 Å². The van der Waals surface area contributed by atoms with Gasteiger partial charge in [0, 0.05) is 13.5 Å². The molecule has 2 rings (SSSR count). The highest BCUT2D eigenvalue weighted by Crippen LogP contribution is 2.09. The second kappa shape index (κ2) is 7.76. The van der Waals surface area contributed by atoms with Crippen LogP contribution in [0.25, 0.3) is 0 Å². The summed E-state index contributed by atoms with van der Waals surface area (Å²) in [7, 11) is 0. The summed E-state index contributed by atoms with van der Waals surface area (Å²) in [6.45, 7) is 2.03. The van der Waals surface area contributed by atoms with Gasteiger partial charge >= 0.3 is 5.97 Å². The molecule has 0 aromatic heterocycles. The molecule has 0 radical (unpaired) electrons. The van der Waals surface area contributed by atoms with Crippen molar-refractivity contribution in [1.29, 1.82) is 5.26 Å². The quantitative estimate of drug-likeness (QED) is 0.861. The Labute approximate surface area is 134 Å². The Kier molecular flexibility index (Phi) is 5.48. The van der Waals surface area contributed by atoms with Crippen molar-refractivity contribution < 1.29 is 14.3 Å². The third-order valence-corrected chi connectivity index (χ3v) is 3.18. The highest BCUT2D eigenvalue weighted by Gasteiger charge is 2.07. The standard InChI is InChI=1S/C18H16N2O3/c1-13(21)20-11-15-6-8-17(9-7-15)18(22)23-12-16-4-2-14(10-19)3-5-16/h2-9H,11-12H2,1H3,(H,20,21). The Bertz CT molecular complexity index is 728. The summed E-state index contributed by atoms with van der Waals surface area (Å²) < 4.78 is 5.23. The molecular weight excluding hydrogens is 292 g/mol. The Hall–Kier alpha value is -3.13. The average molecular weight is 308 g/mol. The smallest absolute Gasteiger partial charge is 0.338 e. The lowest BCUT2D eigenvalue weighted by atomic mass is 10.1. The zero-order valence-corrected chi connectivity index (χ0v) is 12.7. The minimum Gasteiger partial charge on any atom is -0.457 e. The number of amides is 1. The first-order valence-electron chi connectivity index (χ1n) is 7.08. The Morgan fingerprint density at radius 1 is 1.04 bits per heavy atom. The third-order valence-electron chi connectivity index (χ3n) is 3.18. The predicted molar refractivity (Wildman–Crippen MR) is 84.2 cm³/mol. The van der Waals surface area contributed by atoms with Gasteiger partial charge in [-0.15, -0.1) is 0 Å². The third kappa shape index (κ3) is 4.97. The van der Waals surface area contributed by atoms with E-state index in [0.29, 0.717) is 17.7 Å². The first kappa shape index (κ1) is 16.2. The lowest BCUT2D eigenvalue weighted by Gasteiger charge is -2.06. The number of rotatable bonds is 5. The summed E-state index contributed by atoms with van der Waals surface area (Å²) in [6, 6.07) is 15.8.